The zero-order chi connectivity index (χ0) is 14.3. The fourth-order valence-electron chi connectivity index (χ4n) is 2.23. The summed E-state index contributed by atoms with van der Waals surface area (Å²) < 4.78 is 16.9. The summed E-state index contributed by atoms with van der Waals surface area (Å²) in [7, 11) is -1.06. The van der Waals surface area contributed by atoms with Crippen LogP contribution in [0.1, 0.15) is 5.56 Å². The third-order valence-corrected chi connectivity index (χ3v) is 4.16. The normalized spacial score (nSPS) is 15.2. The summed E-state index contributed by atoms with van der Waals surface area (Å²) in [6.07, 6.45) is 3.16. The molecule has 1 aliphatic rings. The molecule has 0 saturated carbocycles. The summed E-state index contributed by atoms with van der Waals surface area (Å²) in [6.45, 7) is -0.0252. The molecule has 0 amide bonds. The van der Waals surface area contributed by atoms with Crippen molar-refractivity contribution in [1.29, 1.82) is 0 Å². The molecular formula is C14H11NO4S. The second-order valence-corrected chi connectivity index (χ2v) is 5.88. The van der Waals surface area contributed by atoms with E-state index in [0.29, 0.717) is 11.3 Å². The summed E-state index contributed by atoms with van der Waals surface area (Å²) in [4.78, 5) is 11.2. The third kappa shape index (κ3) is 2.08. The number of nitrogens with zero attached hydrogens (tertiary/aromatic N) is 1. The lowest BCUT2D eigenvalue weighted by Gasteiger charge is -2.15. The fraction of sp³-hybridized carbons (Fsp3) is 0.143. The minimum atomic E-state index is -1.06. The van der Waals surface area contributed by atoms with Crippen molar-refractivity contribution in [3.05, 3.63) is 51.7 Å². The Morgan fingerprint density at radius 2 is 2.10 bits per heavy atom. The molecule has 2 aromatic rings. The monoisotopic (exact) mass is 289 g/mol. The first kappa shape index (κ1) is 12.8. The van der Waals surface area contributed by atoms with Crippen LogP contribution in [0, 0.1) is 10.1 Å². The second-order valence-electron chi connectivity index (χ2n) is 4.50. The molecular weight excluding hydrogens is 278 g/mol. The molecule has 0 bridgehead atoms. The molecule has 5 nitrogen and oxygen atoms in total. The Balaban J connectivity index is 2.24. The lowest BCUT2D eigenvalue weighted by atomic mass is 10.0. The minimum Gasteiger partial charge on any atom is -0.482 e. The van der Waals surface area contributed by atoms with Crippen LogP contribution in [0.3, 0.4) is 0 Å². The van der Waals surface area contributed by atoms with Crippen LogP contribution >= 0.6 is 0 Å². The molecule has 3 rings (SSSR count). The van der Waals surface area contributed by atoms with E-state index in [9.17, 15) is 14.3 Å². The van der Waals surface area contributed by atoms with Crippen LogP contribution in [0.25, 0.3) is 16.8 Å². The van der Waals surface area contributed by atoms with E-state index in [-0.39, 0.29) is 12.3 Å². The first-order valence-electron chi connectivity index (χ1n) is 5.94. The molecule has 0 spiro atoms. The highest BCUT2D eigenvalue weighted by Gasteiger charge is 2.21. The van der Waals surface area contributed by atoms with Crippen LogP contribution in [0.5, 0.6) is 5.75 Å². The predicted molar refractivity (Wildman–Crippen MR) is 76.7 cm³/mol. The third-order valence-electron chi connectivity index (χ3n) is 3.25. The molecule has 0 saturated heterocycles. The summed E-state index contributed by atoms with van der Waals surface area (Å²) in [5.74, 6) is 0.633. The summed E-state index contributed by atoms with van der Waals surface area (Å²) in [5.41, 5.74) is 0.738. The van der Waals surface area contributed by atoms with Gasteiger partial charge in [-0.15, -0.1) is 0 Å². The van der Waals surface area contributed by atoms with Crippen molar-refractivity contribution in [3.8, 4) is 5.75 Å². The van der Waals surface area contributed by atoms with Crippen LogP contribution in [0.4, 0.5) is 0 Å². The Kier molecular flexibility index (Phi) is 3.02. The molecule has 1 unspecified atom stereocenters. The first-order chi connectivity index (χ1) is 9.56. The van der Waals surface area contributed by atoms with Crippen molar-refractivity contribution in [3.63, 3.8) is 0 Å². The zero-order valence-electron chi connectivity index (χ0n) is 10.7. The highest BCUT2D eigenvalue weighted by Crippen LogP contribution is 2.34. The van der Waals surface area contributed by atoms with Crippen LogP contribution in [0.2, 0.25) is 0 Å². The zero-order valence-corrected chi connectivity index (χ0v) is 11.5. The summed E-state index contributed by atoms with van der Waals surface area (Å²) in [6, 6.07) is 9.09. The van der Waals surface area contributed by atoms with E-state index in [1.807, 2.05) is 18.2 Å². The maximum Gasteiger partial charge on any atom is 0.284 e. The van der Waals surface area contributed by atoms with Crippen molar-refractivity contribution in [1.82, 2.24) is 0 Å². The van der Waals surface area contributed by atoms with Crippen molar-refractivity contribution in [2.45, 2.75) is 4.90 Å². The first-order valence-corrected chi connectivity index (χ1v) is 7.50. The molecule has 0 fully saturated rings. The lowest BCUT2D eigenvalue weighted by molar-refractivity contribution is -0.427. The van der Waals surface area contributed by atoms with Gasteiger partial charge in [0.05, 0.1) is 4.92 Å². The number of ether oxygens (including phenoxy) is 1. The number of hydrogen-bond donors (Lipinski definition) is 0. The SMILES string of the molecule is CS(=O)c1ccc2c3c(ccc2c1)OCC([N+](=O)[O-])=C3. The molecule has 6 heteroatoms. The summed E-state index contributed by atoms with van der Waals surface area (Å²) >= 11 is 0. The summed E-state index contributed by atoms with van der Waals surface area (Å²) in [5, 5.41) is 12.6. The Bertz CT molecular complexity index is 782. The van der Waals surface area contributed by atoms with E-state index in [2.05, 4.69) is 0 Å². The Morgan fingerprint density at radius 1 is 1.30 bits per heavy atom. The quantitative estimate of drug-likeness (QED) is 0.629. The van der Waals surface area contributed by atoms with Crippen molar-refractivity contribution >= 4 is 27.6 Å². The van der Waals surface area contributed by atoms with Crippen LogP contribution < -0.4 is 4.74 Å². The van der Waals surface area contributed by atoms with Gasteiger partial charge in [-0.05, 0) is 29.0 Å². The number of benzene rings is 2. The van der Waals surface area contributed by atoms with Gasteiger partial charge in [0.2, 0.25) is 0 Å². The van der Waals surface area contributed by atoms with E-state index in [1.165, 1.54) is 0 Å². The molecule has 1 atom stereocenters. The van der Waals surface area contributed by atoms with Crippen molar-refractivity contribution in [2.24, 2.45) is 0 Å². The number of hydrogen-bond acceptors (Lipinski definition) is 4. The van der Waals surface area contributed by atoms with Gasteiger partial charge in [0.25, 0.3) is 5.70 Å². The van der Waals surface area contributed by atoms with Gasteiger partial charge >= 0.3 is 0 Å². The molecule has 102 valence electrons. The van der Waals surface area contributed by atoms with Crippen molar-refractivity contribution in [2.75, 3.05) is 12.9 Å². The average molecular weight is 289 g/mol. The highest BCUT2D eigenvalue weighted by atomic mass is 32.2. The van der Waals surface area contributed by atoms with Gasteiger partial charge < -0.3 is 4.74 Å². The molecule has 0 radical (unpaired) electrons. The van der Waals surface area contributed by atoms with E-state index in [1.54, 1.807) is 24.5 Å². The average Bonchev–Trinajstić information content (AvgIpc) is 2.45. The van der Waals surface area contributed by atoms with Gasteiger partial charge in [-0.2, -0.15) is 0 Å². The second kappa shape index (κ2) is 4.72. The molecule has 1 heterocycles. The molecule has 1 aliphatic heterocycles. The smallest absolute Gasteiger partial charge is 0.284 e. The Labute approximate surface area is 117 Å². The molecule has 0 N–H and O–H groups in total. The van der Waals surface area contributed by atoms with Gasteiger partial charge in [0.15, 0.2) is 6.61 Å². The van der Waals surface area contributed by atoms with E-state index < -0.39 is 15.7 Å². The minimum absolute atomic E-state index is 0.0252. The van der Waals surface area contributed by atoms with Gasteiger partial charge in [0, 0.05) is 33.6 Å². The molecule has 2 aromatic carbocycles. The highest BCUT2D eigenvalue weighted by molar-refractivity contribution is 7.84. The fourth-order valence-corrected chi connectivity index (χ4v) is 2.78. The van der Waals surface area contributed by atoms with Gasteiger partial charge in [0.1, 0.15) is 5.75 Å². The number of nitro groups is 1. The van der Waals surface area contributed by atoms with Gasteiger partial charge in [-0.25, -0.2) is 0 Å². The van der Waals surface area contributed by atoms with Gasteiger partial charge in [-0.1, -0.05) is 12.1 Å². The molecule has 0 aromatic heterocycles. The van der Waals surface area contributed by atoms with Crippen LogP contribution in [-0.2, 0) is 10.8 Å². The van der Waals surface area contributed by atoms with E-state index >= 15 is 0 Å². The van der Waals surface area contributed by atoms with Gasteiger partial charge in [-0.3, -0.25) is 14.3 Å². The Hall–Kier alpha value is -2.21. The van der Waals surface area contributed by atoms with E-state index in [4.69, 9.17) is 4.74 Å². The molecule has 20 heavy (non-hydrogen) atoms. The van der Waals surface area contributed by atoms with Crippen molar-refractivity contribution < 1.29 is 13.9 Å². The molecule has 0 aliphatic carbocycles. The maximum atomic E-state index is 11.5. The topological polar surface area (TPSA) is 69.4 Å². The predicted octanol–water partition coefficient (Wildman–Crippen LogP) is 2.59. The lowest BCUT2D eigenvalue weighted by Crippen LogP contribution is -2.13. The maximum absolute atomic E-state index is 11.5. The largest absolute Gasteiger partial charge is 0.482 e. The standard InChI is InChI=1S/C14H11NO4S/c1-20(18)11-3-4-12-9(6-11)2-5-14-13(12)7-10(8-19-14)15(16)17/h2-7H,8H2,1H3. The Morgan fingerprint density at radius 3 is 2.80 bits per heavy atom. The van der Waals surface area contributed by atoms with Crippen LogP contribution in [-0.4, -0.2) is 22.0 Å². The number of fused-ring (bicyclic) bond motifs is 3. The van der Waals surface area contributed by atoms with E-state index in [0.717, 1.165) is 15.7 Å². The van der Waals surface area contributed by atoms with Crippen LogP contribution in [0.15, 0.2) is 40.9 Å². The number of rotatable bonds is 2.